The molecule has 4 aromatic rings. The molecule has 164 valence electrons. The minimum Gasteiger partial charge on any atom is -0.465 e. The zero-order chi connectivity index (χ0) is 23.4. The van der Waals surface area contributed by atoms with Crippen LogP contribution in [0.1, 0.15) is 27.0 Å². The molecule has 0 saturated carbocycles. The largest absolute Gasteiger partial charge is 0.465 e. The van der Waals surface area contributed by atoms with Crippen molar-refractivity contribution in [2.75, 3.05) is 7.11 Å². The molecule has 0 N–H and O–H groups in total. The summed E-state index contributed by atoms with van der Waals surface area (Å²) < 4.78 is 7.35. The monoisotopic (exact) mass is 438 g/mol. The summed E-state index contributed by atoms with van der Waals surface area (Å²) in [7, 11) is 2.95. The topological polar surface area (TPSA) is 70.3 Å². The number of carbonyl (C=O) groups is 1. The molecular formula is C27H22N2O4. The third-order valence-electron chi connectivity index (χ3n) is 5.44. The van der Waals surface area contributed by atoms with Crippen LogP contribution in [0, 0.1) is 11.8 Å². The molecule has 6 heteroatoms. The van der Waals surface area contributed by atoms with Crippen molar-refractivity contribution in [1.82, 2.24) is 9.13 Å². The Morgan fingerprint density at radius 3 is 2.36 bits per heavy atom. The maximum atomic E-state index is 13.2. The van der Waals surface area contributed by atoms with Gasteiger partial charge in [0.25, 0.3) is 5.56 Å². The number of fused-ring (bicyclic) bond motifs is 1. The van der Waals surface area contributed by atoms with Gasteiger partial charge in [0, 0.05) is 19.0 Å². The summed E-state index contributed by atoms with van der Waals surface area (Å²) >= 11 is 0. The molecule has 6 nitrogen and oxygen atoms in total. The van der Waals surface area contributed by atoms with Crippen LogP contribution in [0.3, 0.4) is 0 Å². The molecule has 33 heavy (non-hydrogen) atoms. The molecule has 0 aliphatic rings. The number of methoxy groups -OCH3 is 1. The molecule has 0 fully saturated rings. The molecule has 4 rings (SSSR count). The van der Waals surface area contributed by atoms with Crippen LogP contribution < -0.4 is 11.2 Å². The lowest BCUT2D eigenvalue weighted by molar-refractivity contribution is 0.0600. The molecule has 0 amide bonds. The summed E-state index contributed by atoms with van der Waals surface area (Å²) in [4.78, 5) is 37.7. The van der Waals surface area contributed by atoms with Gasteiger partial charge < -0.3 is 4.74 Å². The first kappa shape index (κ1) is 21.8. The number of hydrogen-bond donors (Lipinski definition) is 0. The highest BCUT2D eigenvalue weighted by Crippen LogP contribution is 2.12. The molecule has 1 aromatic heterocycles. The lowest BCUT2D eigenvalue weighted by Crippen LogP contribution is -2.39. The van der Waals surface area contributed by atoms with Gasteiger partial charge in [-0.05, 0) is 41.5 Å². The van der Waals surface area contributed by atoms with Crippen molar-refractivity contribution >= 4 is 16.9 Å². The number of hydrogen-bond acceptors (Lipinski definition) is 4. The normalized spacial score (nSPS) is 10.5. The first-order valence-corrected chi connectivity index (χ1v) is 10.4. The quantitative estimate of drug-likeness (QED) is 0.363. The predicted molar refractivity (Wildman–Crippen MR) is 127 cm³/mol. The van der Waals surface area contributed by atoms with Crippen LogP contribution in [0.4, 0.5) is 0 Å². The van der Waals surface area contributed by atoms with Gasteiger partial charge in [-0.2, -0.15) is 0 Å². The fourth-order valence-electron chi connectivity index (χ4n) is 3.62. The Balaban J connectivity index is 1.68. The van der Waals surface area contributed by atoms with Crippen molar-refractivity contribution < 1.29 is 9.53 Å². The van der Waals surface area contributed by atoms with E-state index in [0.29, 0.717) is 28.5 Å². The van der Waals surface area contributed by atoms with Crippen LogP contribution in [-0.2, 0) is 24.8 Å². The number of ether oxygens (including phenoxy) is 1. The van der Waals surface area contributed by atoms with E-state index in [2.05, 4.69) is 11.8 Å². The van der Waals surface area contributed by atoms with Crippen LogP contribution in [0.2, 0.25) is 0 Å². The van der Waals surface area contributed by atoms with Gasteiger partial charge >= 0.3 is 11.7 Å². The third-order valence-corrected chi connectivity index (χ3v) is 5.44. The first-order chi connectivity index (χ1) is 16.0. The molecule has 0 atom stereocenters. The fraction of sp³-hybridized carbons (Fsp3) is 0.148. The first-order valence-electron chi connectivity index (χ1n) is 10.4. The molecule has 0 unspecified atom stereocenters. The highest BCUT2D eigenvalue weighted by molar-refractivity contribution is 5.89. The van der Waals surface area contributed by atoms with Gasteiger partial charge in [-0.1, -0.05) is 54.3 Å². The molecule has 3 aromatic carbocycles. The van der Waals surface area contributed by atoms with E-state index in [4.69, 9.17) is 4.74 Å². The maximum absolute atomic E-state index is 13.2. The SMILES string of the molecule is COC(=O)c1ccc(Cn2c(=O)c3cc(C#CCc4ccccc4)ccc3n(C)c2=O)cc1. The second-order valence-corrected chi connectivity index (χ2v) is 7.62. The van der Waals surface area contributed by atoms with Gasteiger partial charge in [0.1, 0.15) is 0 Å². The zero-order valence-corrected chi connectivity index (χ0v) is 18.4. The van der Waals surface area contributed by atoms with Gasteiger partial charge in [0.15, 0.2) is 0 Å². The maximum Gasteiger partial charge on any atom is 0.337 e. The average molecular weight is 438 g/mol. The predicted octanol–water partition coefficient (Wildman–Crippen LogP) is 3.13. The summed E-state index contributed by atoms with van der Waals surface area (Å²) in [6, 6.07) is 21.8. The van der Waals surface area contributed by atoms with Crippen molar-refractivity contribution in [3.05, 3.63) is 116 Å². The minimum absolute atomic E-state index is 0.0901. The van der Waals surface area contributed by atoms with E-state index in [9.17, 15) is 14.4 Å². The summed E-state index contributed by atoms with van der Waals surface area (Å²) in [5.74, 6) is 5.80. The Morgan fingerprint density at radius 1 is 0.939 bits per heavy atom. The number of benzene rings is 3. The molecule has 0 bridgehead atoms. The summed E-state index contributed by atoms with van der Waals surface area (Å²) in [5, 5.41) is 0.426. The Labute approximate surface area is 190 Å². The van der Waals surface area contributed by atoms with Crippen LogP contribution >= 0.6 is 0 Å². The van der Waals surface area contributed by atoms with Gasteiger partial charge in [0.05, 0.1) is 30.1 Å². The van der Waals surface area contributed by atoms with Crippen molar-refractivity contribution in [1.29, 1.82) is 0 Å². The van der Waals surface area contributed by atoms with Crippen LogP contribution in [-0.4, -0.2) is 22.2 Å². The van der Waals surface area contributed by atoms with E-state index in [1.165, 1.54) is 16.2 Å². The van der Waals surface area contributed by atoms with Gasteiger partial charge in [-0.25, -0.2) is 9.59 Å². The number of esters is 1. The third kappa shape index (κ3) is 4.63. The summed E-state index contributed by atoms with van der Waals surface area (Å²) in [6.07, 6.45) is 0.609. The van der Waals surface area contributed by atoms with E-state index in [1.807, 2.05) is 36.4 Å². The van der Waals surface area contributed by atoms with Crippen molar-refractivity contribution in [3.8, 4) is 11.8 Å². The van der Waals surface area contributed by atoms with Gasteiger partial charge in [-0.15, -0.1) is 0 Å². The lowest BCUT2D eigenvalue weighted by atomic mass is 10.1. The zero-order valence-electron chi connectivity index (χ0n) is 18.4. The molecule has 0 radical (unpaired) electrons. The molecular weight excluding hydrogens is 416 g/mol. The fourth-order valence-corrected chi connectivity index (χ4v) is 3.62. The van der Waals surface area contributed by atoms with Gasteiger partial charge in [0.2, 0.25) is 0 Å². The molecule has 1 heterocycles. The summed E-state index contributed by atoms with van der Waals surface area (Å²) in [6.45, 7) is 0.0901. The number of nitrogens with zero attached hydrogens (tertiary/aromatic N) is 2. The van der Waals surface area contributed by atoms with Crippen LogP contribution in [0.5, 0.6) is 0 Å². The van der Waals surface area contributed by atoms with Gasteiger partial charge in [-0.3, -0.25) is 13.9 Å². The smallest absolute Gasteiger partial charge is 0.337 e. The Kier molecular flexibility index (Phi) is 6.23. The van der Waals surface area contributed by atoms with Crippen molar-refractivity contribution in [2.45, 2.75) is 13.0 Å². The molecule has 0 aliphatic heterocycles. The highest BCUT2D eigenvalue weighted by atomic mass is 16.5. The standard InChI is InChI=1S/C27H22N2O4/c1-28-24-16-13-20(10-6-9-19-7-4-3-5-8-19)17-23(24)25(30)29(27(28)32)18-21-11-14-22(15-12-21)26(31)33-2/h3-5,7-8,11-17H,9,18H2,1-2H3. The van der Waals surface area contributed by atoms with Crippen molar-refractivity contribution in [2.24, 2.45) is 7.05 Å². The van der Waals surface area contributed by atoms with Crippen molar-refractivity contribution in [3.63, 3.8) is 0 Å². The van der Waals surface area contributed by atoms with E-state index in [0.717, 1.165) is 11.1 Å². The number of aryl methyl sites for hydroxylation is 1. The number of aromatic nitrogens is 2. The Bertz CT molecular complexity index is 1500. The van der Waals surface area contributed by atoms with E-state index in [-0.39, 0.29) is 12.1 Å². The lowest BCUT2D eigenvalue weighted by Gasteiger charge is -2.11. The number of rotatable bonds is 4. The van der Waals surface area contributed by atoms with E-state index >= 15 is 0 Å². The second kappa shape index (κ2) is 9.41. The highest BCUT2D eigenvalue weighted by Gasteiger charge is 2.12. The molecule has 0 saturated heterocycles. The summed E-state index contributed by atoms with van der Waals surface area (Å²) in [5.41, 5.74) is 2.72. The average Bonchev–Trinajstić information content (AvgIpc) is 2.86. The molecule has 0 aliphatic carbocycles. The van der Waals surface area contributed by atoms with Crippen LogP contribution in [0.15, 0.2) is 82.4 Å². The molecule has 0 spiro atoms. The second-order valence-electron chi connectivity index (χ2n) is 7.62. The number of carbonyl (C=O) groups excluding carboxylic acids is 1. The minimum atomic E-state index is -0.443. The Morgan fingerprint density at radius 2 is 1.67 bits per heavy atom. The Hall–Kier alpha value is -4.37. The van der Waals surface area contributed by atoms with E-state index in [1.54, 1.807) is 43.4 Å². The van der Waals surface area contributed by atoms with E-state index < -0.39 is 11.7 Å². The van der Waals surface area contributed by atoms with Crippen LogP contribution in [0.25, 0.3) is 10.9 Å².